The second kappa shape index (κ2) is 8.94. The highest BCUT2D eigenvalue weighted by Gasteiger charge is 2.09. The molecular weight excluding hydrogens is 376 g/mol. The molecule has 0 saturated heterocycles. The van der Waals surface area contributed by atoms with Crippen LogP contribution in [-0.4, -0.2) is 26.8 Å². The second-order valence-electron chi connectivity index (χ2n) is 5.08. The molecule has 0 saturated carbocycles. The van der Waals surface area contributed by atoms with Crippen molar-refractivity contribution in [3.05, 3.63) is 59.4 Å². The van der Waals surface area contributed by atoms with Crippen LogP contribution in [0.5, 0.6) is 0 Å². The monoisotopic (exact) mass is 390 g/mol. The van der Waals surface area contributed by atoms with Gasteiger partial charge in [0, 0.05) is 41.7 Å². The van der Waals surface area contributed by atoms with Gasteiger partial charge in [-0.3, -0.25) is 9.78 Å². The molecule has 0 aliphatic heterocycles. The molecule has 0 aliphatic carbocycles. The van der Waals surface area contributed by atoms with Crippen LogP contribution in [0.3, 0.4) is 0 Å². The molecule has 1 aromatic carbocycles. The summed E-state index contributed by atoms with van der Waals surface area (Å²) in [5, 5.41) is 12.7. The van der Waals surface area contributed by atoms with E-state index in [0.717, 1.165) is 20.5 Å². The number of carbonyl (C=O) groups excluding carboxylic acids is 1. The number of nitrogens with one attached hydrogen (secondary N) is 1. The van der Waals surface area contributed by atoms with Gasteiger partial charge in [-0.2, -0.15) is 0 Å². The molecule has 3 aromatic rings. The topological polar surface area (TPSA) is 67.8 Å². The molecule has 3 rings (SSSR count). The van der Waals surface area contributed by atoms with Gasteiger partial charge < -0.3 is 5.32 Å². The number of amides is 1. The van der Waals surface area contributed by atoms with Gasteiger partial charge >= 0.3 is 0 Å². The number of hydrogen-bond acceptors (Lipinski definition) is 6. The minimum atomic E-state index is -0.00806. The predicted octanol–water partition coefficient (Wildman–Crippen LogP) is 4.05. The molecular formula is C17H15ClN4OS2. The first-order valence-corrected chi connectivity index (χ1v) is 9.77. The number of nitrogens with zero attached hydrogens (tertiary/aromatic N) is 3. The normalized spacial score (nSPS) is 10.6. The van der Waals surface area contributed by atoms with Gasteiger partial charge in [-0.1, -0.05) is 52.9 Å². The van der Waals surface area contributed by atoms with Crippen LogP contribution in [-0.2, 0) is 11.3 Å². The van der Waals surface area contributed by atoms with Crippen LogP contribution >= 0.6 is 34.7 Å². The molecule has 0 atom stereocenters. The van der Waals surface area contributed by atoms with E-state index in [1.54, 1.807) is 12.4 Å². The first-order chi connectivity index (χ1) is 12.2. The maximum atomic E-state index is 11.9. The summed E-state index contributed by atoms with van der Waals surface area (Å²) in [7, 11) is 0. The zero-order valence-electron chi connectivity index (χ0n) is 13.2. The van der Waals surface area contributed by atoms with Crippen molar-refractivity contribution < 1.29 is 4.79 Å². The van der Waals surface area contributed by atoms with Crippen molar-refractivity contribution >= 4 is 40.6 Å². The summed E-state index contributed by atoms with van der Waals surface area (Å²) in [5.41, 5.74) is 1.91. The van der Waals surface area contributed by atoms with E-state index in [4.69, 9.17) is 11.6 Å². The Balaban J connectivity index is 1.43. The Morgan fingerprint density at radius 3 is 2.76 bits per heavy atom. The Labute approximate surface area is 158 Å². The Bertz CT molecular complexity index is 841. The fraction of sp³-hybridized carbons (Fsp3) is 0.176. The summed E-state index contributed by atoms with van der Waals surface area (Å²) in [6, 6.07) is 11.3. The minimum absolute atomic E-state index is 0.00806. The van der Waals surface area contributed by atoms with Crippen LogP contribution < -0.4 is 5.32 Å². The maximum Gasteiger partial charge on any atom is 0.221 e. The molecule has 0 fully saturated rings. The van der Waals surface area contributed by atoms with Crippen molar-refractivity contribution in [3.8, 4) is 10.6 Å². The van der Waals surface area contributed by atoms with Crippen molar-refractivity contribution in [2.75, 3.05) is 5.75 Å². The van der Waals surface area contributed by atoms with Crippen LogP contribution in [0.25, 0.3) is 10.6 Å². The smallest absolute Gasteiger partial charge is 0.221 e. The van der Waals surface area contributed by atoms with Crippen LogP contribution in [0.1, 0.15) is 12.0 Å². The van der Waals surface area contributed by atoms with Gasteiger partial charge in [0.25, 0.3) is 0 Å². The summed E-state index contributed by atoms with van der Waals surface area (Å²) in [5.74, 6) is 0.644. The van der Waals surface area contributed by atoms with Crippen molar-refractivity contribution in [2.24, 2.45) is 0 Å². The Kier molecular flexibility index (Phi) is 6.38. The Hall–Kier alpha value is -1.96. The standard InChI is InChI=1S/C17H15ClN4OS2/c18-14-4-2-1-3-13(14)11-20-15(23)7-10-24-17-22-21-16(25-17)12-5-8-19-9-6-12/h1-6,8-9H,7,10-11H2,(H,20,23). The van der Waals surface area contributed by atoms with E-state index in [-0.39, 0.29) is 5.91 Å². The van der Waals surface area contributed by atoms with Crippen molar-refractivity contribution in [2.45, 2.75) is 17.3 Å². The average Bonchev–Trinajstić information content (AvgIpc) is 3.11. The Morgan fingerprint density at radius 1 is 1.16 bits per heavy atom. The van der Waals surface area contributed by atoms with Crippen LogP contribution in [0.15, 0.2) is 53.1 Å². The number of rotatable bonds is 7. The molecule has 128 valence electrons. The molecule has 5 nitrogen and oxygen atoms in total. The van der Waals surface area contributed by atoms with E-state index in [1.807, 2.05) is 36.4 Å². The fourth-order valence-electron chi connectivity index (χ4n) is 2.03. The average molecular weight is 391 g/mol. The Morgan fingerprint density at radius 2 is 1.96 bits per heavy atom. The van der Waals surface area contributed by atoms with Crippen LogP contribution in [0.4, 0.5) is 0 Å². The van der Waals surface area contributed by atoms with E-state index in [9.17, 15) is 4.79 Å². The SMILES string of the molecule is O=C(CCSc1nnc(-c2ccncc2)s1)NCc1ccccc1Cl. The minimum Gasteiger partial charge on any atom is -0.352 e. The number of halogens is 1. The molecule has 2 heterocycles. The molecule has 0 radical (unpaired) electrons. The zero-order chi connectivity index (χ0) is 17.5. The molecule has 1 N–H and O–H groups in total. The summed E-state index contributed by atoms with van der Waals surface area (Å²) in [6.07, 6.45) is 3.87. The van der Waals surface area contributed by atoms with Gasteiger partial charge in [-0.05, 0) is 23.8 Å². The predicted molar refractivity (Wildman–Crippen MR) is 102 cm³/mol. The molecule has 2 aromatic heterocycles. The third-order valence-corrected chi connectivity index (χ3v) is 5.80. The van der Waals surface area contributed by atoms with Gasteiger partial charge in [-0.15, -0.1) is 10.2 Å². The van der Waals surface area contributed by atoms with E-state index >= 15 is 0 Å². The second-order valence-corrected chi connectivity index (χ2v) is 7.80. The lowest BCUT2D eigenvalue weighted by Gasteiger charge is -2.06. The lowest BCUT2D eigenvalue weighted by atomic mass is 10.2. The van der Waals surface area contributed by atoms with E-state index in [2.05, 4.69) is 20.5 Å². The largest absolute Gasteiger partial charge is 0.352 e. The molecule has 0 aliphatic rings. The summed E-state index contributed by atoms with van der Waals surface area (Å²) < 4.78 is 0.853. The number of aromatic nitrogens is 3. The van der Waals surface area contributed by atoms with E-state index < -0.39 is 0 Å². The number of benzene rings is 1. The highest BCUT2D eigenvalue weighted by Crippen LogP contribution is 2.29. The van der Waals surface area contributed by atoms with Crippen molar-refractivity contribution in [1.29, 1.82) is 0 Å². The van der Waals surface area contributed by atoms with Crippen LogP contribution in [0.2, 0.25) is 5.02 Å². The molecule has 25 heavy (non-hydrogen) atoms. The molecule has 0 spiro atoms. The first-order valence-electron chi connectivity index (χ1n) is 7.59. The quantitative estimate of drug-likeness (QED) is 0.616. The number of hydrogen-bond donors (Lipinski definition) is 1. The van der Waals surface area contributed by atoms with Gasteiger partial charge in [0.05, 0.1) is 0 Å². The van der Waals surface area contributed by atoms with Crippen LogP contribution in [0, 0.1) is 0 Å². The summed E-state index contributed by atoms with van der Waals surface area (Å²) in [6.45, 7) is 0.439. The lowest BCUT2D eigenvalue weighted by molar-refractivity contribution is -0.120. The van der Waals surface area contributed by atoms with Crippen molar-refractivity contribution in [3.63, 3.8) is 0 Å². The number of carbonyl (C=O) groups is 1. The summed E-state index contributed by atoms with van der Waals surface area (Å²) >= 11 is 9.12. The third kappa shape index (κ3) is 5.26. The van der Waals surface area contributed by atoms with Gasteiger partial charge in [0.15, 0.2) is 4.34 Å². The lowest BCUT2D eigenvalue weighted by Crippen LogP contribution is -2.23. The highest BCUT2D eigenvalue weighted by molar-refractivity contribution is 8.01. The van der Waals surface area contributed by atoms with Crippen molar-refractivity contribution in [1.82, 2.24) is 20.5 Å². The number of thioether (sulfide) groups is 1. The van der Waals surface area contributed by atoms with Gasteiger partial charge in [-0.25, -0.2) is 0 Å². The van der Waals surface area contributed by atoms with Gasteiger partial charge in [0.2, 0.25) is 5.91 Å². The summed E-state index contributed by atoms with van der Waals surface area (Å²) in [4.78, 5) is 15.9. The highest BCUT2D eigenvalue weighted by atomic mass is 35.5. The maximum absolute atomic E-state index is 11.9. The number of pyridine rings is 1. The zero-order valence-corrected chi connectivity index (χ0v) is 15.6. The molecule has 0 bridgehead atoms. The van der Waals surface area contributed by atoms with E-state index in [0.29, 0.717) is 23.7 Å². The third-order valence-electron chi connectivity index (χ3n) is 3.32. The van der Waals surface area contributed by atoms with E-state index in [1.165, 1.54) is 23.1 Å². The molecule has 0 unspecified atom stereocenters. The first kappa shape index (κ1) is 17.8. The van der Waals surface area contributed by atoms with Gasteiger partial charge in [0.1, 0.15) is 5.01 Å². The molecule has 1 amide bonds. The fourth-order valence-corrected chi connectivity index (χ4v) is 4.10. The molecule has 8 heteroatoms.